The summed E-state index contributed by atoms with van der Waals surface area (Å²) in [6, 6.07) is 5.82. The topological polar surface area (TPSA) is 9.23 Å². The van der Waals surface area contributed by atoms with Crippen LogP contribution in [0.5, 0.6) is 5.75 Å². The minimum Gasteiger partial charge on any atom is -0.428 e. The highest BCUT2D eigenvalue weighted by molar-refractivity contribution is 5.21. The third-order valence-electron chi connectivity index (χ3n) is 1.65. The molecule has 0 saturated carbocycles. The number of rotatable bonds is 4. The molecule has 1 rings (SSSR count). The van der Waals surface area contributed by atoms with Gasteiger partial charge in [-0.1, -0.05) is 18.2 Å². The average molecular weight is 244 g/mol. The highest BCUT2D eigenvalue weighted by Crippen LogP contribution is 2.40. The van der Waals surface area contributed by atoms with Crippen molar-refractivity contribution >= 4 is 0 Å². The van der Waals surface area contributed by atoms with E-state index in [0.29, 0.717) is 0 Å². The van der Waals surface area contributed by atoms with Crippen LogP contribution >= 0.6 is 0 Å². The molecule has 0 fully saturated rings. The van der Waals surface area contributed by atoms with Gasteiger partial charge in [-0.2, -0.15) is 17.6 Å². The first-order valence-electron chi connectivity index (χ1n) is 4.05. The molecule has 0 bridgehead atoms. The maximum atomic E-state index is 12.7. The van der Waals surface area contributed by atoms with Gasteiger partial charge in [-0.05, 0) is 12.1 Å². The molecule has 1 aromatic carbocycles. The van der Waals surface area contributed by atoms with E-state index >= 15 is 0 Å². The monoisotopic (exact) mass is 244 g/mol. The zero-order valence-electron chi connectivity index (χ0n) is 7.64. The highest BCUT2D eigenvalue weighted by Gasteiger charge is 2.66. The number of ether oxygens (including phenoxy) is 1. The summed E-state index contributed by atoms with van der Waals surface area (Å²) in [6.07, 6.45) is -9.77. The Morgan fingerprint density at radius 1 is 0.938 bits per heavy atom. The van der Waals surface area contributed by atoms with Crippen LogP contribution in [0.2, 0.25) is 0 Å². The van der Waals surface area contributed by atoms with E-state index in [2.05, 4.69) is 4.74 Å². The number of para-hydroxylation sites is 1. The molecule has 0 radical (unpaired) electrons. The maximum Gasteiger partial charge on any atom is 0.470 e. The van der Waals surface area contributed by atoms with Gasteiger partial charge in [-0.25, -0.2) is 8.78 Å². The number of benzene rings is 1. The lowest BCUT2D eigenvalue weighted by molar-refractivity contribution is -0.342. The largest absolute Gasteiger partial charge is 0.470 e. The Labute approximate surface area is 86.6 Å². The summed E-state index contributed by atoms with van der Waals surface area (Å²) < 4.78 is 77.1. The number of halogens is 6. The van der Waals surface area contributed by atoms with Crippen LogP contribution in [0.4, 0.5) is 26.3 Å². The minimum atomic E-state index is -5.54. The van der Waals surface area contributed by atoms with E-state index in [0.717, 1.165) is 12.1 Å². The van der Waals surface area contributed by atoms with Gasteiger partial charge in [0, 0.05) is 0 Å². The Bertz CT molecular complexity index is 337. The molecule has 0 aliphatic rings. The fraction of sp³-hybridized carbons (Fsp3) is 0.333. The predicted molar refractivity (Wildman–Crippen MR) is 43.0 cm³/mol. The van der Waals surface area contributed by atoms with Gasteiger partial charge in [0.1, 0.15) is 5.75 Å². The van der Waals surface area contributed by atoms with E-state index in [1.807, 2.05) is 0 Å². The van der Waals surface area contributed by atoms with Crippen molar-refractivity contribution in [1.29, 1.82) is 0 Å². The summed E-state index contributed by atoms with van der Waals surface area (Å²) in [7, 11) is 0. The molecule has 0 heterocycles. The van der Waals surface area contributed by atoms with Crippen LogP contribution in [0.1, 0.15) is 0 Å². The molecule has 16 heavy (non-hydrogen) atoms. The molecule has 0 unspecified atom stereocenters. The van der Waals surface area contributed by atoms with Gasteiger partial charge in [0.15, 0.2) is 0 Å². The molecule has 0 saturated heterocycles. The Morgan fingerprint density at radius 2 is 1.44 bits per heavy atom. The van der Waals surface area contributed by atoms with Crippen molar-refractivity contribution in [1.82, 2.24) is 0 Å². The summed E-state index contributed by atoms with van der Waals surface area (Å²) in [5, 5.41) is 0. The second kappa shape index (κ2) is 4.23. The Kier molecular flexibility index (Phi) is 3.35. The zero-order chi connectivity index (χ0) is 12.4. The average Bonchev–Trinajstić information content (AvgIpc) is 2.18. The van der Waals surface area contributed by atoms with Crippen molar-refractivity contribution in [2.45, 2.75) is 18.5 Å². The summed E-state index contributed by atoms with van der Waals surface area (Å²) in [5.74, 6) is -6.16. The third kappa shape index (κ3) is 2.40. The molecule has 0 N–H and O–H groups in total. The van der Waals surface area contributed by atoms with E-state index in [9.17, 15) is 26.3 Å². The normalized spacial score (nSPS) is 12.9. The lowest BCUT2D eigenvalue weighted by Gasteiger charge is -2.25. The van der Waals surface area contributed by atoms with Crippen LogP contribution in [0.25, 0.3) is 0 Å². The first kappa shape index (κ1) is 12.7. The van der Waals surface area contributed by atoms with Gasteiger partial charge in [0.2, 0.25) is 0 Å². The van der Waals surface area contributed by atoms with Gasteiger partial charge in [0.05, 0.1) is 0 Å². The van der Waals surface area contributed by atoms with E-state index in [1.54, 1.807) is 0 Å². The summed E-state index contributed by atoms with van der Waals surface area (Å²) in [4.78, 5) is 0. The number of hydrogen-bond donors (Lipinski definition) is 0. The molecule has 90 valence electrons. The summed E-state index contributed by atoms with van der Waals surface area (Å²) >= 11 is 0. The molecule has 0 atom stereocenters. The van der Waals surface area contributed by atoms with E-state index < -0.39 is 24.2 Å². The van der Waals surface area contributed by atoms with Crippen LogP contribution in [0, 0.1) is 0 Å². The second-order valence-electron chi connectivity index (χ2n) is 2.86. The lowest BCUT2D eigenvalue weighted by atomic mass is 10.3. The van der Waals surface area contributed by atoms with Gasteiger partial charge in [-0.3, -0.25) is 0 Å². The lowest BCUT2D eigenvalue weighted by Crippen LogP contribution is -2.50. The third-order valence-corrected chi connectivity index (χ3v) is 1.65. The Balaban J connectivity index is 2.87. The maximum absolute atomic E-state index is 12.7. The Morgan fingerprint density at radius 3 is 1.88 bits per heavy atom. The molecule has 0 aliphatic carbocycles. The molecular formula is C9H6F6O. The quantitative estimate of drug-likeness (QED) is 0.736. The molecule has 7 heteroatoms. The Hall–Kier alpha value is -1.40. The molecule has 0 spiro atoms. The van der Waals surface area contributed by atoms with E-state index in [1.165, 1.54) is 18.2 Å². The van der Waals surface area contributed by atoms with E-state index in [-0.39, 0.29) is 0 Å². The molecule has 0 amide bonds. The van der Waals surface area contributed by atoms with Crippen molar-refractivity contribution in [3.63, 3.8) is 0 Å². The first-order valence-corrected chi connectivity index (χ1v) is 4.05. The molecule has 0 aromatic heterocycles. The van der Waals surface area contributed by atoms with Crippen LogP contribution < -0.4 is 4.74 Å². The van der Waals surface area contributed by atoms with Crippen molar-refractivity contribution in [2.75, 3.05) is 0 Å². The van der Waals surface area contributed by atoms with Crippen LogP contribution in [0.3, 0.4) is 0 Å². The van der Waals surface area contributed by atoms with Gasteiger partial charge < -0.3 is 4.74 Å². The highest BCUT2D eigenvalue weighted by atomic mass is 19.3. The fourth-order valence-corrected chi connectivity index (χ4v) is 0.832. The fourth-order valence-electron chi connectivity index (χ4n) is 0.832. The molecule has 0 aliphatic heterocycles. The van der Waals surface area contributed by atoms with Crippen molar-refractivity contribution in [2.24, 2.45) is 0 Å². The second-order valence-corrected chi connectivity index (χ2v) is 2.86. The molecule has 1 aromatic rings. The number of hydrogen-bond acceptors (Lipinski definition) is 1. The van der Waals surface area contributed by atoms with Gasteiger partial charge in [0.25, 0.3) is 0 Å². The number of alkyl halides is 6. The van der Waals surface area contributed by atoms with Crippen molar-refractivity contribution < 1.29 is 31.1 Å². The van der Waals surface area contributed by atoms with Crippen LogP contribution in [-0.4, -0.2) is 18.5 Å². The zero-order valence-corrected chi connectivity index (χ0v) is 7.64. The van der Waals surface area contributed by atoms with Crippen molar-refractivity contribution in [3.8, 4) is 5.75 Å². The standard InChI is InChI=1S/C9H6F6O/c10-7(11)8(12,13)9(14,15)16-6-4-2-1-3-5-6/h1-5,7H. The van der Waals surface area contributed by atoms with E-state index in [4.69, 9.17) is 0 Å². The summed E-state index contributed by atoms with van der Waals surface area (Å²) in [5.41, 5.74) is 0. The van der Waals surface area contributed by atoms with Crippen LogP contribution in [0.15, 0.2) is 30.3 Å². The first-order chi connectivity index (χ1) is 7.27. The SMILES string of the molecule is FC(F)C(F)(F)C(F)(F)Oc1ccccc1. The van der Waals surface area contributed by atoms with Crippen molar-refractivity contribution in [3.05, 3.63) is 30.3 Å². The molecule has 1 nitrogen and oxygen atoms in total. The summed E-state index contributed by atoms with van der Waals surface area (Å²) in [6.45, 7) is 0. The minimum absolute atomic E-state index is 0.618. The smallest absolute Gasteiger partial charge is 0.428 e. The molecular weight excluding hydrogens is 238 g/mol. The predicted octanol–water partition coefficient (Wildman–Crippen LogP) is 3.56. The van der Waals surface area contributed by atoms with Gasteiger partial charge >= 0.3 is 18.5 Å². The van der Waals surface area contributed by atoms with Gasteiger partial charge in [-0.15, -0.1) is 0 Å². The van der Waals surface area contributed by atoms with Crippen LogP contribution in [-0.2, 0) is 0 Å².